The van der Waals surface area contributed by atoms with Crippen LogP contribution in [0.1, 0.15) is 11.1 Å². The Labute approximate surface area is 159 Å². The van der Waals surface area contributed by atoms with Crippen LogP contribution in [0.15, 0.2) is 42.5 Å². The van der Waals surface area contributed by atoms with Gasteiger partial charge in [-0.2, -0.15) is 0 Å². The number of hydrogen-bond donors (Lipinski definition) is 2. The lowest BCUT2D eigenvalue weighted by Crippen LogP contribution is -2.31. The van der Waals surface area contributed by atoms with Crippen LogP contribution in [0.3, 0.4) is 0 Å². The average Bonchev–Trinajstić information content (AvgIpc) is 2.65. The smallest absolute Gasteiger partial charge is 0.213 e. The van der Waals surface area contributed by atoms with Crippen molar-refractivity contribution in [2.75, 3.05) is 26.5 Å². The minimum absolute atomic E-state index is 0.0231. The Balaban J connectivity index is 1.82. The molecule has 2 rings (SSSR count). The van der Waals surface area contributed by atoms with Crippen LogP contribution in [-0.4, -0.2) is 34.9 Å². The number of hydrogen-bond acceptors (Lipinski definition) is 5. The molecule has 0 aliphatic heterocycles. The predicted molar refractivity (Wildman–Crippen MR) is 103 cm³/mol. The van der Waals surface area contributed by atoms with Gasteiger partial charge in [-0.15, -0.1) is 0 Å². The summed E-state index contributed by atoms with van der Waals surface area (Å²) in [4.78, 5) is 0. The molecule has 2 aromatic carbocycles. The Hall–Kier alpha value is -1.80. The summed E-state index contributed by atoms with van der Waals surface area (Å²) in [5.74, 6) is 0.990. The molecule has 0 aliphatic rings. The molecule has 0 aromatic heterocycles. The normalized spacial score (nSPS) is 11.3. The van der Waals surface area contributed by atoms with E-state index in [1.54, 1.807) is 13.2 Å². The minimum atomic E-state index is -3.36. The molecule has 8 heteroatoms. The van der Waals surface area contributed by atoms with Gasteiger partial charge < -0.3 is 14.8 Å². The fourth-order valence-electron chi connectivity index (χ4n) is 2.36. The van der Waals surface area contributed by atoms with E-state index in [1.165, 1.54) is 7.11 Å². The first kappa shape index (κ1) is 20.5. The molecule has 0 amide bonds. The number of methoxy groups -OCH3 is 2. The second-order valence-corrected chi connectivity index (χ2v) is 7.88. The molecule has 0 bridgehead atoms. The zero-order valence-electron chi connectivity index (χ0n) is 14.8. The van der Waals surface area contributed by atoms with Gasteiger partial charge in [-0.25, -0.2) is 13.1 Å². The predicted octanol–water partition coefficient (Wildman–Crippen LogP) is 2.57. The molecule has 0 radical (unpaired) electrons. The van der Waals surface area contributed by atoms with Gasteiger partial charge in [0.25, 0.3) is 0 Å². The molecule has 0 aliphatic carbocycles. The van der Waals surface area contributed by atoms with Crippen LogP contribution >= 0.6 is 11.6 Å². The SMILES string of the molecule is COc1ccc(CNCCS(=O)(=O)NCc2ccccc2)c(Cl)c1OC. The lowest BCUT2D eigenvalue weighted by Gasteiger charge is -2.13. The third-order valence-electron chi connectivity index (χ3n) is 3.77. The third kappa shape index (κ3) is 5.88. The van der Waals surface area contributed by atoms with Gasteiger partial charge in [0.05, 0.1) is 25.0 Å². The van der Waals surface area contributed by atoms with Crippen molar-refractivity contribution in [3.05, 3.63) is 58.6 Å². The van der Waals surface area contributed by atoms with E-state index < -0.39 is 10.0 Å². The summed E-state index contributed by atoms with van der Waals surface area (Å²) in [7, 11) is -0.297. The first-order valence-corrected chi connectivity index (χ1v) is 10.1. The van der Waals surface area contributed by atoms with Gasteiger partial charge in [0, 0.05) is 19.6 Å². The Morgan fingerprint density at radius 3 is 2.38 bits per heavy atom. The largest absolute Gasteiger partial charge is 0.493 e. The molecule has 0 spiro atoms. The molecule has 0 saturated carbocycles. The van der Waals surface area contributed by atoms with Crippen LogP contribution in [0.2, 0.25) is 5.02 Å². The van der Waals surface area contributed by atoms with Crippen molar-refractivity contribution in [1.29, 1.82) is 0 Å². The molecular formula is C18H23ClN2O4S. The van der Waals surface area contributed by atoms with E-state index in [1.807, 2.05) is 36.4 Å². The second-order valence-electron chi connectivity index (χ2n) is 5.58. The Kier molecular flexibility index (Phi) is 7.71. The highest BCUT2D eigenvalue weighted by Gasteiger charge is 2.13. The van der Waals surface area contributed by atoms with Crippen LogP contribution in [0.4, 0.5) is 0 Å². The fourth-order valence-corrected chi connectivity index (χ4v) is 3.60. The molecule has 0 heterocycles. The molecule has 0 fully saturated rings. The topological polar surface area (TPSA) is 76.7 Å². The number of nitrogens with one attached hydrogen (secondary N) is 2. The highest BCUT2D eigenvalue weighted by Crippen LogP contribution is 2.37. The standard InChI is InChI=1S/C18H23ClN2O4S/c1-24-16-9-8-15(17(19)18(16)25-2)13-20-10-11-26(22,23)21-12-14-6-4-3-5-7-14/h3-9,20-21H,10-13H2,1-2H3. The van der Waals surface area contributed by atoms with Crippen molar-refractivity contribution in [3.63, 3.8) is 0 Å². The first-order valence-electron chi connectivity index (χ1n) is 8.08. The zero-order valence-corrected chi connectivity index (χ0v) is 16.4. The number of benzene rings is 2. The van der Waals surface area contributed by atoms with Gasteiger partial charge in [-0.3, -0.25) is 0 Å². The third-order valence-corrected chi connectivity index (χ3v) is 5.51. The van der Waals surface area contributed by atoms with Crippen LogP contribution in [0, 0.1) is 0 Å². The first-order chi connectivity index (χ1) is 12.5. The van der Waals surface area contributed by atoms with Crippen LogP contribution < -0.4 is 19.5 Å². The van der Waals surface area contributed by atoms with E-state index in [0.29, 0.717) is 29.6 Å². The van der Waals surface area contributed by atoms with E-state index in [2.05, 4.69) is 10.0 Å². The summed E-state index contributed by atoms with van der Waals surface area (Å²) in [6.07, 6.45) is 0. The summed E-state index contributed by atoms with van der Waals surface area (Å²) in [6, 6.07) is 13.0. The lowest BCUT2D eigenvalue weighted by atomic mass is 10.2. The summed E-state index contributed by atoms with van der Waals surface area (Å²) in [5.41, 5.74) is 1.72. The van der Waals surface area contributed by atoms with Crippen molar-refractivity contribution in [1.82, 2.24) is 10.0 Å². The molecule has 6 nitrogen and oxygen atoms in total. The van der Waals surface area contributed by atoms with Crippen molar-refractivity contribution in [3.8, 4) is 11.5 Å². The molecular weight excluding hydrogens is 376 g/mol. The van der Waals surface area contributed by atoms with Gasteiger partial charge in [0.1, 0.15) is 0 Å². The summed E-state index contributed by atoms with van der Waals surface area (Å²) in [5, 5.41) is 3.53. The van der Waals surface area contributed by atoms with Crippen LogP contribution in [0.5, 0.6) is 11.5 Å². The Morgan fingerprint density at radius 1 is 1.00 bits per heavy atom. The molecule has 0 unspecified atom stereocenters. The van der Waals surface area contributed by atoms with Gasteiger partial charge in [0.15, 0.2) is 11.5 Å². The van der Waals surface area contributed by atoms with Crippen LogP contribution in [0.25, 0.3) is 0 Å². The van der Waals surface area contributed by atoms with E-state index in [0.717, 1.165) is 11.1 Å². The summed E-state index contributed by atoms with van der Waals surface area (Å²) >= 11 is 6.30. The van der Waals surface area contributed by atoms with Crippen molar-refractivity contribution in [2.24, 2.45) is 0 Å². The highest BCUT2D eigenvalue weighted by atomic mass is 35.5. The molecule has 142 valence electrons. The highest BCUT2D eigenvalue weighted by molar-refractivity contribution is 7.89. The maximum atomic E-state index is 12.1. The molecule has 2 aromatic rings. The molecule has 2 N–H and O–H groups in total. The van der Waals surface area contributed by atoms with Gasteiger partial charge in [-0.1, -0.05) is 48.0 Å². The van der Waals surface area contributed by atoms with Crippen LogP contribution in [-0.2, 0) is 23.1 Å². The maximum Gasteiger partial charge on any atom is 0.213 e. The number of sulfonamides is 1. The Morgan fingerprint density at radius 2 is 1.73 bits per heavy atom. The van der Waals surface area contributed by atoms with E-state index in [9.17, 15) is 8.42 Å². The van der Waals surface area contributed by atoms with Crippen molar-refractivity contribution >= 4 is 21.6 Å². The monoisotopic (exact) mass is 398 g/mol. The van der Waals surface area contributed by atoms with E-state index in [-0.39, 0.29) is 12.3 Å². The van der Waals surface area contributed by atoms with Crippen molar-refractivity contribution < 1.29 is 17.9 Å². The van der Waals surface area contributed by atoms with Gasteiger partial charge in [-0.05, 0) is 17.2 Å². The summed E-state index contributed by atoms with van der Waals surface area (Å²) < 4.78 is 37.1. The quantitative estimate of drug-likeness (QED) is 0.601. The second kappa shape index (κ2) is 9.78. The lowest BCUT2D eigenvalue weighted by molar-refractivity contribution is 0.354. The van der Waals surface area contributed by atoms with E-state index in [4.69, 9.17) is 21.1 Å². The fraction of sp³-hybridized carbons (Fsp3) is 0.333. The van der Waals surface area contributed by atoms with E-state index >= 15 is 0 Å². The Bertz CT molecular complexity index is 813. The van der Waals surface area contributed by atoms with Gasteiger partial charge >= 0.3 is 0 Å². The number of ether oxygens (including phenoxy) is 2. The molecule has 26 heavy (non-hydrogen) atoms. The van der Waals surface area contributed by atoms with Gasteiger partial charge in [0.2, 0.25) is 10.0 Å². The summed E-state index contributed by atoms with van der Waals surface area (Å²) in [6.45, 7) is 1.01. The maximum absolute atomic E-state index is 12.1. The minimum Gasteiger partial charge on any atom is -0.493 e. The zero-order chi connectivity index (χ0) is 19.0. The molecule has 0 atom stereocenters. The molecule has 0 saturated heterocycles. The number of halogens is 1. The average molecular weight is 399 g/mol. The number of rotatable bonds is 10. The van der Waals surface area contributed by atoms with Crippen molar-refractivity contribution in [2.45, 2.75) is 13.1 Å².